The topological polar surface area (TPSA) is 37.3 Å². The fraction of sp³-hybridized carbons (Fsp3) is 0.611. The Hall–Kier alpha value is -1.31. The molecule has 1 aromatic rings. The molecule has 1 aromatic carbocycles. The lowest BCUT2D eigenvalue weighted by molar-refractivity contribution is -0.145. The molecule has 110 valence electrons. The van der Waals surface area contributed by atoms with Crippen molar-refractivity contribution in [2.24, 2.45) is 17.8 Å². The van der Waals surface area contributed by atoms with Gasteiger partial charge in [0.1, 0.15) is 0 Å². The molecule has 0 radical (unpaired) electrons. The predicted octanol–water partition coefficient (Wildman–Crippen LogP) is 4.29. The van der Waals surface area contributed by atoms with E-state index in [1.807, 2.05) is 0 Å². The Morgan fingerprint density at radius 2 is 1.80 bits per heavy atom. The van der Waals surface area contributed by atoms with E-state index in [4.69, 9.17) is 0 Å². The van der Waals surface area contributed by atoms with Gasteiger partial charge in [0.15, 0.2) is 0 Å². The molecule has 1 aliphatic rings. The van der Waals surface area contributed by atoms with E-state index in [1.54, 1.807) is 0 Å². The average molecular weight is 274 g/mol. The summed E-state index contributed by atoms with van der Waals surface area (Å²) in [5.74, 6) is 0.175. The fourth-order valence-electron chi connectivity index (χ4n) is 3.84. The highest BCUT2D eigenvalue weighted by molar-refractivity contribution is 5.70. The van der Waals surface area contributed by atoms with Gasteiger partial charge < -0.3 is 5.11 Å². The minimum absolute atomic E-state index is 0.161. The smallest absolute Gasteiger partial charge is 0.306 e. The van der Waals surface area contributed by atoms with Crippen LogP contribution >= 0.6 is 0 Å². The number of rotatable bonds is 3. The van der Waals surface area contributed by atoms with Crippen LogP contribution < -0.4 is 0 Å². The van der Waals surface area contributed by atoms with Crippen LogP contribution in [0.4, 0.5) is 0 Å². The van der Waals surface area contributed by atoms with Crippen LogP contribution in [0.2, 0.25) is 0 Å². The molecule has 2 nitrogen and oxygen atoms in total. The molecule has 2 heteroatoms. The maximum atomic E-state index is 11.5. The molecule has 0 spiro atoms. The molecular weight excluding hydrogens is 248 g/mol. The largest absolute Gasteiger partial charge is 0.481 e. The number of aryl methyl sites for hydroxylation is 3. The van der Waals surface area contributed by atoms with Gasteiger partial charge in [-0.25, -0.2) is 0 Å². The lowest BCUT2D eigenvalue weighted by Crippen LogP contribution is -2.31. The van der Waals surface area contributed by atoms with Crippen molar-refractivity contribution < 1.29 is 9.90 Å². The first kappa shape index (κ1) is 15.1. The number of carbonyl (C=O) groups is 1. The van der Waals surface area contributed by atoms with Crippen LogP contribution in [0.5, 0.6) is 0 Å². The zero-order valence-electron chi connectivity index (χ0n) is 13.1. The minimum Gasteiger partial charge on any atom is -0.481 e. The molecule has 3 atom stereocenters. The van der Waals surface area contributed by atoms with Gasteiger partial charge in [0, 0.05) is 0 Å². The summed E-state index contributed by atoms with van der Waals surface area (Å²) >= 11 is 0. The van der Waals surface area contributed by atoms with Crippen molar-refractivity contribution in [3.63, 3.8) is 0 Å². The normalized spacial score (nSPS) is 26.5. The Labute approximate surface area is 122 Å². The molecule has 20 heavy (non-hydrogen) atoms. The van der Waals surface area contributed by atoms with Crippen LogP contribution in [0.25, 0.3) is 0 Å². The van der Waals surface area contributed by atoms with Crippen LogP contribution in [0.1, 0.15) is 48.4 Å². The number of hydrogen-bond acceptors (Lipinski definition) is 1. The van der Waals surface area contributed by atoms with Gasteiger partial charge >= 0.3 is 5.97 Å². The molecule has 3 unspecified atom stereocenters. The molecule has 0 aliphatic heterocycles. The number of aliphatic carboxylic acids is 1. The summed E-state index contributed by atoms with van der Waals surface area (Å²) in [6.45, 7) is 8.67. The number of benzene rings is 1. The summed E-state index contributed by atoms with van der Waals surface area (Å²) in [5, 5.41) is 9.46. The van der Waals surface area contributed by atoms with Crippen molar-refractivity contribution in [2.45, 2.75) is 53.4 Å². The highest BCUT2D eigenvalue weighted by Gasteiger charge is 2.33. The lowest BCUT2D eigenvalue weighted by atomic mass is 9.71. The van der Waals surface area contributed by atoms with E-state index < -0.39 is 5.97 Å². The van der Waals surface area contributed by atoms with Crippen molar-refractivity contribution in [3.05, 3.63) is 34.4 Å². The van der Waals surface area contributed by atoms with E-state index in [-0.39, 0.29) is 11.8 Å². The Kier molecular flexibility index (Phi) is 4.52. The predicted molar refractivity (Wildman–Crippen MR) is 82.0 cm³/mol. The van der Waals surface area contributed by atoms with Crippen LogP contribution in [0, 0.1) is 38.5 Å². The van der Waals surface area contributed by atoms with Gasteiger partial charge in [0.05, 0.1) is 5.92 Å². The van der Waals surface area contributed by atoms with E-state index >= 15 is 0 Å². The second kappa shape index (κ2) is 5.99. The standard InChI is InChI=1S/C18H26O2/c1-11-5-6-16(18(19)20)15(9-11)10-17-13(3)7-12(2)8-14(17)4/h7-8,11,15-16H,5-6,9-10H2,1-4H3,(H,19,20). The molecule has 1 aliphatic carbocycles. The van der Waals surface area contributed by atoms with Crippen molar-refractivity contribution in [1.29, 1.82) is 0 Å². The summed E-state index contributed by atoms with van der Waals surface area (Å²) in [4.78, 5) is 11.5. The number of hydrogen-bond donors (Lipinski definition) is 1. The van der Waals surface area contributed by atoms with E-state index in [0.717, 1.165) is 25.7 Å². The summed E-state index contributed by atoms with van der Waals surface area (Å²) in [5.41, 5.74) is 5.27. The molecular formula is C18H26O2. The van der Waals surface area contributed by atoms with Crippen molar-refractivity contribution >= 4 is 5.97 Å². The minimum atomic E-state index is -0.607. The summed E-state index contributed by atoms with van der Waals surface area (Å²) in [6, 6.07) is 4.43. The highest BCUT2D eigenvalue weighted by Crippen LogP contribution is 2.37. The van der Waals surface area contributed by atoms with Gasteiger partial charge in [-0.2, -0.15) is 0 Å². The van der Waals surface area contributed by atoms with E-state index in [0.29, 0.717) is 5.92 Å². The molecule has 0 saturated heterocycles. The highest BCUT2D eigenvalue weighted by atomic mass is 16.4. The third-order valence-electron chi connectivity index (χ3n) is 4.87. The maximum Gasteiger partial charge on any atom is 0.306 e. The van der Waals surface area contributed by atoms with Crippen LogP contribution in [-0.2, 0) is 11.2 Å². The Bertz CT molecular complexity index is 481. The van der Waals surface area contributed by atoms with E-state index in [2.05, 4.69) is 39.8 Å². The molecule has 1 fully saturated rings. The first-order chi connectivity index (χ1) is 9.38. The zero-order valence-corrected chi connectivity index (χ0v) is 13.1. The molecule has 1 N–H and O–H groups in total. The summed E-state index contributed by atoms with van der Waals surface area (Å²) in [6.07, 6.45) is 3.85. The first-order valence-electron chi connectivity index (χ1n) is 7.68. The summed E-state index contributed by atoms with van der Waals surface area (Å²) in [7, 11) is 0. The number of carboxylic acid groups (broad SMARTS) is 1. The van der Waals surface area contributed by atoms with Gasteiger partial charge in [0.25, 0.3) is 0 Å². The van der Waals surface area contributed by atoms with Crippen LogP contribution in [0.15, 0.2) is 12.1 Å². The average Bonchev–Trinajstić information content (AvgIpc) is 2.33. The second-order valence-corrected chi connectivity index (χ2v) is 6.70. The van der Waals surface area contributed by atoms with E-state index in [1.165, 1.54) is 22.3 Å². The Balaban J connectivity index is 2.24. The summed E-state index contributed by atoms with van der Waals surface area (Å²) < 4.78 is 0. The molecule has 0 amide bonds. The van der Waals surface area contributed by atoms with Gasteiger partial charge in [-0.3, -0.25) is 4.79 Å². The van der Waals surface area contributed by atoms with Crippen molar-refractivity contribution in [1.82, 2.24) is 0 Å². The third kappa shape index (κ3) is 3.23. The van der Waals surface area contributed by atoms with Crippen LogP contribution in [-0.4, -0.2) is 11.1 Å². The van der Waals surface area contributed by atoms with Gasteiger partial charge in [-0.05, 0) is 75.0 Å². The fourth-order valence-corrected chi connectivity index (χ4v) is 3.84. The third-order valence-corrected chi connectivity index (χ3v) is 4.87. The molecule has 0 aromatic heterocycles. The Morgan fingerprint density at radius 3 is 2.35 bits per heavy atom. The van der Waals surface area contributed by atoms with Gasteiger partial charge in [-0.1, -0.05) is 24.6 Å². The molecule has 2 rings (SSSR count). The first-order valence-corrected chi connectivity index (χ1v) is 7.68. The zero-order chi connectivity index (χ0) is 14.9. The maximum absolute atomic E-state index is 11.5. The van der Waals surface area contributed by atoms with Crippen LogP contribution in [0.3, 0.4) is 0 Å². The number of carboxylic acids is 1. The Morgan fingerprint density at radius 1 is 1.20 bits per heavy atom. The van der Waals surface area contributed by atoms with Crippen molar-refractivity contribution in [2.75, 3.05) is 0 Å². The SMILES string of the molecule is Cc1cc(C)c(CC2CC(C)CCC2C(=O)O)c(C)c1. The lowest BCUT2D eigenvalue weighted by Gasteiger charge is -2.33. The quantitative estimate of drug-likeness (QED) is 0.892. The molecule has 1 saturated carbocycles. The monoisotopic (exact) mass is 274 g/mol. The molecule has 0 heterocycles. The second-order valence-electron chi connectivity index (χ2n) is 6.70. The van der Waals surface area contributed by atoms with Gasteiger partial charge in [-0.15, -0.1) is 0 Å². The molecule has 0 bridgehead atoms. The van der Waals surface area contributed by atoms with Crippen molar-refractivity contribution in [3.8, 4) is 0 Å². The van der Waals surface area contributed by atoms with Gasteiger partial charge in [0.2, 0.25) is 0 Å². The van der Waals surface area contributed by atoms with E-state index in [9.17, 15) is 9.90 Å².